The van der Waals surface area contributed by atoms with Crippen molar-refractivity contribution in [2.45, 2.75) is 57.4 Å². The molecule has 164 valence electrons. The molecule has 0 bridgehead atoms. The normalized spacial score (nSPS) is 25.3. The fourth-order valence-electron chi connectivity index (χ4n) is 5.27. The first kappa shape index (κ1) is 21.1. The van der Waals surface area contributed by atoms with E-state index >= 15 is 0 Å². The third-order valence-electron chi connectivity index (χ3n) is 7.16. The highest BCUT2D eigenvalue weighted by molar-refractivity contribution is 5.94. The highest BCUT2D eigenvalue weighted by atomic mass is 19.1. The van der Waals surface area contributed by atoms with E-state index in [1.807, 2.05) is 11.0 Å². The van der Waals surface area contributed by atoms with Gasteiger partial charge >= 0.3 is 12.0 Å². The molecule has 0 unspecified atom stereocenters. The molecule has 0 atom stereocenters. The molecule has 7 heteroatoms. The molecule has 1 aromatic rings. The number of carbonyl (C=O) groups excluding carboxylic acids is 1. The van der Waals surface area contributed by atoms with Crippen LogP contribution in [0, 0.1) is 11.7 Å². The molecule has 2 heterocycles. The number of amides is 2. The number of hydrogen-bond donors (Lipinski definition) is 1. The fraction of sp³-hybridized carbons (Fsp3) is 0.652. The van der Waals surface area contributed by atoms with Gasteiger partial charge in [0.05, 0.1) is 0 Å². The first-order chi connectivity index (χ1) is 14.4. The Morgan fingerprint density at radius 3 is 2.57 bits per heavy atom. The Hall–Kier alpha value is -2.15. The zero-order valence-electron chi connectivity index (χ0n) is 17.8. The largest absolute Gasteiger partial charge is 0.481 e. The summed E-state index contributed by atoms with van der Waals surface area (Å²) in [6.45, 7) is 3.02. The Balaban J connectivity index is 1.41. The molecule has 30 heavy (non-hydrogen) atoms. The number of carboxylic acids is 1. The van der Waals surface area contributed by atoms with Crippen molar-refractivity contribution in [3.8, 4) is 0 Å². The average molecular weight is 418 g/mol. The van der Waals surface area contributed by atoms with E-state index in [9.17, 15) is 14.0 Å². The maximum atomic E-state index is 14.8. The maximum Gasteiger partial charge on any atom is 0.324 e. The number of benzene rings is 1. The minimum atomic E-state index is -0.734. The van der Waals surface area contributed by atoms with Crippen LogP contribution in [0.5, 0.6) is 0 Å². The predicted molar refractivity (Wildman–Crippen MR) is 113 cm³/mol. The second kappa shape index (κ2) is 8.92. The van der Waals surface area contributed by atoms with Crippen molar-refractivity contribution >= 4 is 17.7 Å². The number of rotatable bonds is 5. The van der Waals surface area contributed by atoms with Gasteiger partial charge in [0.15, 0.2) is 0 Å². The number of likely N-dealkylation sites (N-methyl/N-ethyl adjacent to an activating group) is 1. The Morgan fingerprint density at radius 2 is 1.83 bits per heavy atom. The highest BCUT2D eigenvalue weighted by Gasteiger charge is 2.36. The standard InChI is InChI=1S/C23H32FN3O3/c1-25-10-8-17-14-19(15-21(24)20(17)9-11-25)27-13-12-26(23(27)30)18-5-2-16(3-6-18)4-7-22(28)29/h14-16,18H,2-13H2,1H3,(H,28,29). The van der Waals surface area contributed by atoms with Crippen LogP contribution in [0.25, 0.3) is 0 Å². The molecule has 1 aliphatic carbocycles. The summed E-state index contributed by atoms with van der Waals surface area (Å²) >= 11 is 0. The lowest BCUT2D eigenvalue weighted by atomic mass is 9.83. The lowest BCUT2D eigenvalue weighted by Crippen LogP contribution is -2.41. The maximum absolute atomic E-state index is 14.8. The van der Waals surface area contributed by atoms with Crippen LogP contribution in [0.4, 0.5) is 14.9 Å². The van der Waals surface area contributed by atoms with E-state index in [1.54, 1.807) is 4.90 Å². The van der Waals surface area contributed by atoms with Crippen molar-refractivity contribution in [1.82, 2.24) is 9.80 Å². The molecule has 2 fully saturated rings. The minimum absolute atomic E-state index is 0.0194. The number of halogens is 1. The van der Waals surface area contributed by atoms with Gasteiger partial charge < -0.3 is 14.9 Å². The van der Waals surface area contributed by atoms with Crippen molar-refractivity contribution in [2.75, 3.05) is 38.1 Å². The Bertz CT molecular complexity index is 807. The number of carbonyl (C=O) groups is 2. The van der Waals surface area contributed by atoms with E-state index in [0.29, 0.717) is 31.1 Å². The number of fused-ring (bicyclic) bond motifs is 1. The van der Waals surface area contributed by atoms with Crippen molar-refractivity contribution in [3.05, 3.63) is 29.1 Å². The summed E-state index contributed by atoms with van der Waals surface area (Å²) in [6.07, 6.45) is 6.28. The Kier molecular flexibility index (Phi) is 6.27. The van der Waals surface area contributed by atoms with Gasteiger partial charge in [-0.2, -0.15) is 0 Å². The van der Waals surface area contributed by atoms with Crippen LogP contribution < -0.4 is 4.90 Å². The van der Waals surface area contributed by atoms with Crippen LogP contribution in [0.3, 0.4) is 0 Å². The number of nitrogens with zero attached hydrogens (tertiary/aromatic N) is 3. The third-order valence-corrected chi connectivity index (χ3v) is 7.16. The van der Waals surface area contributed by atoms with E-state index in [1.165, 1.54) is 6.07 Å². The van der Waals surface area contributed by atoms with Crippen LogP contribution in [0.15, 0.2) is 12.1 Å². The van der Waals surface area contributed by atoms with E-state index in [4.69, 9.17) is 5.11 Å². The molecule has 1 saturated carbocycles. The number of hydrogen-bond acceptors (Lipinski definition) is 3. The molecule has 0 spiro atoms. The number of anilines is 1. The van der Waals surface area contributed by atoms with Gasteiger partial charge in [-0.1, -0.05) is 0 Å². The second-order valence-electron chi connectivity index (χ2n) is 9.10. The van der Waals surface area contributed by atoms with Crippen LogP contribution in [-0.4, -0.2) is 66.2 Å². The van der Waals surface area contributed by atoms with Gasteiger partial charge in [0, 0.05) is 44.3 Å². The topological polar surface area (TPSA) is 64.1 Å². The van der Waals surface area contributed by atoms with Crippen molar-refractivity contribution in [2.24, 2.45) is 5.92 Å². The Labute approximate surface area is 177 Å². The first-order valence-electron chi connectivity index (χ1n) is 11.2. The smallest absolute Gasteiger partial charge is 0.324 e. The van der Waals surface area contributed by atoms with Gasteiger partial charge in [0.25, 0.3) is 0 Å². The Morgan fingerprint density at radius 1 is 1.10 bits per heavy atom. The van der Waals surface area contributed by atoms with Crippen LogP contribution in [-0.2, 0) is 17.6 Å². The minimum Gasteiger partial charge on any atom is -0.481 e. The summed E-state index contributed by atoms with van der Waals surface area (Å²) in [7, 11) is 2.06. The summed E-state index contributed by atoms with van der Waals surface area (Å²) in [6, 6.07) is 3.74. The summed E-state index contributed by atoms with van der Waals surface area (Å²) in [5, 5.41) is 8.88. The summed E-state index contributed by atoms with van der Waals surface area (Å²) in [5.41, 5.74) is 2.50. The molecule has 1 saturated heterocycles. The molecule has 0 radical (unpaired) electrons. The molecule has 2 aliphatic heterocycles. The second-order valence-corrected chi connectivity index (χ2v) is 9.10. The van der Waals surface area contributed by atoms with Crippen molar-refractivity contribution in [1.29, 1.82) is 0 Å². The number of aliphatic carboxylic acids is 1. The predicted octanol–water partition coefficient (Wildman–Crippen LogP) is 3.52. The number of urea groups is 1. The quantitative estimate of drug-likeness (QED) is 0.796. The molecule has 4 rings (SSSR count). The first-order valence-corrected chi connectivity index (χ1v) is 11.2. The lowest BCUT2D eigenvalue weighted by Gasteiger charge is -2.34. The highest BCUT2D eigenvalue weighted by Crippen LogP contribution is 2.34. The van der Waals surface area contributed by atoms with Crippen molar-refractivity contribution in [3.63, 3.8) is 0 Å². The summed E-state index contributed by atoms with van der Waals surface area (Å²) < 4.78 is 14.8. The lowest BCUT2D eigenvalue weighted by molar-refractivity contribution is -0.137. The summed E-state index contributed by atoms with van der Waals surface area (Å²) in [4.78, 5) is 29.8. The average Bonchev–Trinajstić information content (AvgIpc) is 3.00. The van der Waals surface area contributed by atoms with Crippen LogP contribution >= 0.6 is 0 Å². The monoisotopic (exact) mass is 417 g/mol. The van der Waals surface area contributed by atoms with Gasteiger partial charge in [-0.3, -0.25) is 9.69 Å². The van der Waals surface area contributed by atoms with Gasteiger partial charge in [0.2, 0.25) is 0 Å². The van der Waals surface area contributed by atoms with Gasteiger partial charge in [-0.05, 0) is 81.2 Å². The molecule has 1 aromatic carbocycles. The summed E-state index contributed by atoms with van der Waals surface area (Å²) in [5.74, 6) is -0.479. The van der Waals surface area contributed by atoms with E-state index < -0.39 is 5.97 Å². The molecule has 1 N–H and O–H groups in total. The molecule has 3 aliphatic rings. The molecular formula is C23H32FN3O3. The van der Waals surface area contributed by atoms with Gasteiger partial charge in [-0.15, -0.1) is 0 Å². The molecule has 2 amide bonds. The fourth-order valence-corrected chi connectivity index (χ4v) is 5.27. The van der Waals surface area contributed by atoms with Crippen LogP contribution in [0.1, 0.15) is 49.7 Å². The van der Waals surface area contributed by atoms with Gasteiger partial charge in [0.1, 0.15) is 5.82 Å². The molecule has 0 aromatic heterocycles. The van der Waals surface area contributed by atoms with Crippen LogP contribution in [0.2, 0.25) is 0 Å². The zero-order valence-corrected chi connectivity index (χ0v) is 17.8. The molecular weight excluding hydrogens is 385 g/mol. The third kappa shape index (κ3) is 4.46. The van der Waals surface area contributed by atoms with E-state index in [2.05, 4.69) is 11.9 Å². The van der Waals surface area contributed by atoms with Gasteiger partial charge in [-0.25, -0.2) is 9.18 Å². The number of carboxylic acid groups (broad SMARTS) is 1. The van der Waals surface area contributed by atoms with E-state index in [0.717, 1.165) is 62.7 Å². The van der Waals surface area contributed by atoms with E-state index in [-0.39, 0.29) is 24.3 Å². The zero-order chi connectivity index (χ0) is 21.3. The molecule has 6 nitrogen and oxygen atoms in total. The van der Waals surface area contributed by atoms with Crippen molar-refractivity contribution < 1.29 is 19.1 Å². The SMILES string of the molecule is CN1CCc2cc(N3CCN(C4CCC(CCC(=O)O)CC4)C3=O)cc(F)c2CC1.